The Morgan fingerprint density at radius 2 is 1.89 bits per heavy atom. The number of hydrogen-bond acceptors (Lipinski definition) is 3. The molecule has 0 atom stereocenters. The van der Waals surface area contributed by atoms with E-state index in [-0.39, 0.29) is 11.2 Å². The van der Waals surface area contributed by atoms with Gasteiger partial charge in [-0.3, -0.25) is 0 Å². The number of aromatic amines is 1. The lowest BCUT2D eigenvalue weighted by Crippen LogP contribution is -2.25. The zero-order chi connectivity index (χ0) is 13.5. The number of fused-ring (bicyclic) bond motifs is 1. The van der Waals surface area contributed by atoms with Crippen molar-refractivity contribution in [2.75, 3.05) is 19.0 Å². The molecule has 8 heteroatoms. The first-order chi connectivity index (χ1) is 8.32. The molecular formula is C10H10F4N4. The summed E-state index contributed by atoms with van der Waals surface area (Å²) in [6, 6.07) is 3.04. The van der Waals surface area contributed by atoms with Crippen LogP contribution in [-0.4, -0.2) is 35.5 Å². The molecule has 0 aliphatic carbocycles. The van der Waals surface area contributed by atoms with Crippen LogP contribution in [0, 0.1) is 0 Å². The molecular weight excluding hydrogens is 252 g/mol. The third kappa shape index (κ3) is 1.98. The van der Waals surface area contributed by atoms with Crippen molar-refractivity contribution < 1.29 is 17.6 Å². The first kappa shape index (κ1) is 12.6. The third-order valence-corrected chi connectivity index (χ3v) is 2.38. The topological polar surface area (TPSA) is 44.8 Å². The molecule has 2 aromatic rings. The Morgan fingerprint density at radius 3 is 2.44 bits per heavy atom. The highest BCUT2D eigenvalue weighted by molar-refractivity contribution is 5.73. The molecule has 2 aromatic heterocycles. The second-order valence-electron chi connectivity index (χ2n) is 3.94. The number of nitrogens with one attached hydrogen (secondary N) is 1. The maximum absolute atomic E-state index is 13.1. The Bertz CT molecular complexity index is 564. The SMILES string of the molecule is CN(C)c1ccc2[nH]c(C(F)(F)C(F)F)nc2n1. The minimum atomic E-state index is -4.31. The second-order valence-corrected chi connectivity index (χ2v) is 3.94. The monoisotopic (exact) mass is 262 g/mol. The molecule has 0 saturated carbocycles. The molecule has 0 unspecified atom stereocenters. The molecule has 4 nitrogen and oxygen atoms in total. The lowest BCUT2D eigenvalue weighted by molar-refractivity contribution is -0.140. The van der Waals surface area contributed by atoms with Crippen LogP contribution in [-0.2, 0) is 5.92 Å². The van der Waals surface area contributed by atoms with Crippen molar-refractivity contribution in [3.63, 3.8) is 0 Å². The van der Waals surface area contributed by atoms with Crippen LogP contribution < -0.4 is 4.90 Å². The predicted molar refractivity (Wildman–Crippen MR) is 58.1 cm³/mol. The van der Waals surface area contributed by atoms with E-state index in [4.69, 9.17) is 0 Å². The molecule has 18 heavy (non-hydrogen) atoms. The van der Waals surface area contributed by atoms with Crippen molar-refractivity contribution >= 4 is 17.0 Å². The first-order valence-corrected chi connectivity index (χ1v) is 5.03. The zero-order valence-corrected chi connectivity index (χ0v) is 9.59. The van der Waals surface area contributed by atoms with E-state index in [1.807, 2.05) is 0 Å². The molecule has 0 bridgehead atoms. The highest BCUT2D eigenvalue weighted by Gasteiger charge is 2.46. The molecule has 0 saturated heterocycles. The molecule has 0 radical (unpaired) electrons. The smallest absolute Gasteiger partial charge is 0.363 e. The number of rotatable bonds is 3. The van der Waals surface area contributed by atoms with Crippen molar-refractivity contribution in [3.05, 3.63) is 18.0 Å². The standard InChI is InChI=1S/C10H10F4N4/c1-18(2)6-4-3-5-7(16-6)17-9(15-5)10(13,14)8(11)12/h3-4,8H,1-2H3,(H,15,16,17). The van der Waals surface area contributed by atoms with Gasteiger partial charge in [0.15, 0.2) is 11.5 Å². The number of aromatic nitrogens is 3. The molecule has 0 aliphatic heterocycles. The fourth-order valence-corrected chi connectivity index (χ4v) is 1.39. The summed E-state index contributed by atoms with van der Waals surface area (Å²) in [6.45, 7) is 0. The number of hydrogen-bond donors (Lipinski definition) is 1. The fourth-order valence-electron chi connectivity index (χ4n) is 1.39. The largest absolute Gasteiger partial charge is 0.363 e. The molecule has 1 N–H and O–H groups in total. The van der Waals surface area contributed by atoms with Gasteiger partial charge in [0.1, 0.15) is 5.82 Å². The summed E-state index contributed by atoms with van der Waals surface area (Å²) in [5.41, 5.74) is 0.174. The van der Waals surface area contributed by atoms with Gasteiger partial charge in [-0.1, -0.05) is 0 Å². The van der Waals surface area contributed by atoms with Gasteiger partial charge < -0.3 is 9.88 Å². The third-order valence-electron chi connectivity index (χ3n) is 2.38. The molecule has 2 heterocycles. The number of halogens is 4. The van der Waals surface area contributed by atoms with Gasteiger partial charge in [0.05, 0.1) is 5.52 Å². The number of imidazole rings is 1. The maximum atomic E-state index is 13.1. The Morgan fingerprint density at radius 1 is 1.22 bits per heavy atom. The van der Waals surface area contributed by atoms with Crippen molar-refractivity contribution in [3.8, 4) is 0 Å². The van der Waals surface area contributed by atoms with Crippen LogP contribution in [0.25, 0.3) is 11.2 Å². The first-order valence-electron chi connectivity index (χ1n) is 5.03. The van der Waals surface area contributed by atoms with E-state index in [0.717, 1.165) is 0 Å². The lowest BCUT2D eigenvalue weighted by atomic mass is 10.3. The van der Waals surface area contributed by atoms with Gasteiger partial charge in [0.2, 0.25) is 0 Å². The Kier molecular flexibility index (Phi) is 2.88. The van der Waals surface area contributed by atoms with Crippen LogP contribution >= 0.6 is 0 Å². The summed E-state index contributed by atoms with van der Waals surface area (Å²) in [4.78, 5) is 11.2. The van der Waals surface area contributed by atoms with E-state index < -0.39 is 18.2 Å². The maximum Gasteiger partial charge on any atom is 0.363 e. The molecule has 2 rings (SSSR count). The second kappa shape index (κ2) is 4.11. The average Bonchev–Trinajstić information content (AvgIpc) is 2.71. The van der Waals surface area contributed by atoms with Crippen LogP contribution in [0.4, 0.5) is 23.4 Å². The summed E-state index contributed by atoms with van der Waals surface area (Å²) in [7, 11) is 3.44. The fraction of sp³-hybridized carbons (Fsp3) is 0.400. The molecule has 0 fully saturated rings. The minimum Gasteiger partial charge on any atom is -0.363 e. The summed E-state index contributed by atoms with van der Waals surface area (Å²) in [5, 5.41) is 0. The number of anilines is 1. The number of nitrogens with zero attached hydrogens (tertiary/aromatic N) is 3. The molecule has 0 aromatic carbocycles. The van der Waals surface area contributed by atoms with Crippen LogP contribution in [0.3, 0.4) is 0 Å². The molecule has 98 valence electrons. The Hall–Kier alpha value is -1.86. The van der Waals surface area contributed by atoms with Gasteiger partial charge in [0.25, 0.3) is 0 Å². The van der Waals surface area contributed by atoms with E-state index in [1.54, 1.807) is 25.1 Å². The highest BCUT2D eigenvalue weighted by Crippen LogP contribution is 2.33. The molecule has 0 spiro atoms. The Labute approximate surface area is 99.6 Å². The normalized spacial score (nSPS) is 12.4. The van der Waals surface area contributed by atoms with Gasteiger partial charge in [-0.25, -0.2) is 18.7 Å². The zero-order valence-electron chi connectivity index (χ0n) is 9.59. The number of pyridine rings is 1. The van der Waals surface area contributed by atoms with Gasteiger partial charge in [-0.15, -0.1) is 0 Å². The van der Waals surface area contributed by atoms with Gasteiger partial charge in [-0.05, 0) is 12.1 Å². The van der Waals surface area contributed by atoms with Crippen LogP contribution in [0.5, 0.6) is 0 Å². The van der Waals surface area contributed by atoms with Gasteiger partial charge in [-0.2, -0.15) is 8.78 Å². The van der Waals surface area contributed by atoms with E-state index in [0.29, 0.717) is 5.82 Å². The van der Waals surface area contributed by atoms with E-state index in [1.165, 1.54) is 6.07 Å². The average molecular weight is 262 g/mol. The summed E-state index contributed by atoms with van der Waals surface area (Å²) in [5.74, 6) is -4.88. The molecule has 0 amide bonds. The van der Waals surface area contributed by atoms with Crippen molar-refractivity contribution in [2.45, 2.75) is 12.3 Å². The van der Waals surface area contributed by atoms with E-state index in [2.05, 4.69) is 15.0 Å². The summed E-state index contributed by atoms with van der Waals surface area (Å²) in [6.07, 6.45) is -3.81. The van der Waals surface area contributed by atoms with Crippen molar-refractivity contribution in [1.29, 1.82) is 0 Å². The lowest BCUT2D eigenvalue weighted by Gasteiger charge is -2.10. The quantitative estimate of drug-likeness (QED) is 0.864. The number of alkyl halides is 4. The summed E-state index contributed by atoms with van der Waals surface area (Å²) < 4.78 is 50.6. The van der Waals surface area contributed by atoms with Gasteiger partial charge >= 0.3 is 12.3 Å². The number of H-pyrrole nitrogens is 1. The van der Waals surface area contributed by atoms with Crippen molar-refractivity contribution in [2.24, 2.45) is 0 Å². The van der Waals surface area contributed by atoms with Crippen LogP contribution in [0.15, 0.2) is 12.1 Å². The minimum absolute atomic E-state index is 0.0171. The predicted octanol–water partition coefficient (Wildman–Crippen LogP) is 2.38. The van der Waals surface area contributed by atoms with E-state index >= 15 is 0 Å². The highest BCUT2D eigenvalue weighted by atomic mass is 19.3. The van der Waals surface area contributed by atoms with Gasteiger partial charge in [0, 0.05) is 14.1 Å². The van der Waals surface area contributed by atoms with Crippen LogP contribution in [0.2, 0.25) is 0 Å². The van der Waals surface area contributed by atoms with E-state index in [9.17, 15) is 17.6 Å². The molecule has 0 aliphatic rings. The summed E-state index contributed by atoms with van der Waals surface area (Å²) >= 11 is 0. The Balaban J connectivity index is 2.51. The van der Waals surface area contributed by atoms with Crippen molar-refractivity contribution in [1.82, 2.24) is 15.0 Å². The van der Waals surface area contributed by atoms with Crippen LogP contribution in [0.1, 0.15) is 5.82 Å².